The van der Waals surface area contributed by atoms with Crippen molar-refractivity contribution in [2.24, 2.45) is 5.10 Å². The summed E-state index contributed by atoms with van der Waals surface area (Å²) in [5.41, 5.74) is 4.34. The minimum atomic E-state index is -4.09. The predicted octanol–water partition coefficient (Wildman–Crippen LogP) is 3.86. The summed E-state index contributed by atoms with van der Waals surface area (Å²) < 4.78 is 46.3. The van der Waals surface area contributed by atoms with Gasteiger partial charge in [0.2, 0.25) is 0 Å². The molecule has 1 aromatic heterocycles. The summed E-state index contributed by atoms with van der Waals surface area (Å²) in [5, 5.41) is 4.31. The van der Waals surface area contributed by atoms with E-state index in [9.17, 15) is 13.2 Å². The van der Waals surface area contributed by atoms with Crippen LogP contribution in [0.4, 0.5) is 0 Å². The normalized spacial score (nSPS) is 11.5. The van der Waals surface area contributed by atoms with Gasteiger partial charge >= 0.3 is 10.1 Å². The van der Waals surface area contributed by atoms with E-state index in [1.54, 1.807) is 12.1 Å². The number of nitrogens with zero attached hydrogens (tertiary/aromatic N) is 2. The van der Waals surface area contributed by atoms with Gasteiger partial charge in [0.15, 0.2) is 17.1 Å². The quantitative estimate of drug-likeness (QED) is 0.141. The summed E-state index contributed by atoms with van der Waals surface area (Å²) in [6, 6.07) is 17.7. The first-order valence-corrected chi connectivity index (χ1v) is 12.8. The number of oxazole rings is 1. The molecular formula is C24H21N3O7S2. The molecule has 10 nitrogen and oxygen atoms in total. The second-order valence-electron chi connectivity index (χ2n) is 7.15. The lowest BCUT2D eigenvalue weighted by atomic mass is 10.2. The fourth-order valence-electron chi connectivity index (χ4n) is 2.99. The lowest BCUT2D eigenvalue weighted by molar-refractivity contribution is -0.118. The maximum atomic E-state index is 12.6. The number of hydrazone groups is 1. The van der Waals surface area contributed by atoms with E-state index in [1.807, 2.05) is 18.2 Å². The molecule has 0 saturated heterocycles. The molecule has 1 amide bonds. The number of rotatable bonds is 10. The maximum Gasteiger partial charge on any atom is 0.339 e. The molecule has 0 fully saturated rings. The molecule has 0 aliphatic rings. The van der Waals surface area contributed by atoms with Gasteiger partial charge in [-0.3, -0.25) is 4.79 Å². The Morgan fingerprint density at radius 2 is 1.83 bits per heavy atom. The van der Waals surface area contributed by atoms with E-state index in [-0.39, 0.29) is 28.1 Å². The smallest absolute Gasteiger partial charge is 0.339 e. The molecule has 4 rings (SSSR count). The molecule has 0 aliphatic heterocycles. The number of methoxy groups -OCH3 is 2. The number of benzene rings is 3. The Morgan fingerprint density at radius 1 is 1.06 bits per heavy atom. The third kappa shape index (κ3) is 6.15. The van der Waals surface area contributed by atoms with Crippen LogP contribution in [0.2, 0.25) is 0 Å². The van der Waals surface area contributed by atoms with Crippen molar-refractivity contribution in [2.75, 3.05) is 20.0 Å². The van der Waals surface area contributed by atoms with Crippen LogP contribution in [0.5, 0.6) is 17.2 Å². The molecule has 12 heteroatoms. The zero-order chi connectivity index (χ0) is 25.5. The average molecular weight is 528 g/mol. The summed E-state index contributed by atoms with van der Waals surface area (Å²) in [6.07, 6.45) is 1.40. The Labute approximate surface area is 211 Å². The zero-order valence-corrected chi connectivity index (χ0v) is 20.8. The summed E-state index contributed by atoms with van der Waals surface area (Å²) in [5.74, 6) is 0.407. The highest BCUT2D eigenvalue weighted by atomic mass is 32.2. The maximum absolute atomic E-state index is 12.6. The molecule has 186 valence electrons. The topological polar surface area (TPSA) is 129 Å². The highest BCUT2D eigenvalue weighted by Crippen LogP contribution is 2.31. The number of aromatic nitrogens is 1. The van der Waals surface area contributed by atoms with Gasteiger partial charge in [-0.15, -0.1) is 0 Å². The number of ether oxygens (including phenoxy) is 2. The third-order valence-corrected chi connectivity index (χ3v) is 6.82. The number of para-hydroxylation sites is 2. The van der Waals surface area contributed by atoms with Crippen LogP contribution >= 0.6 is 11.8 Å². The van der Waals surface area contributed by atoms with Gasteiger partial charge in [-0.25, -0.2) is 10.4 Å². The Balaban J connectivity index is 1.35. The van der Waals surface area contributed by atoms with Crippen molar-refractivity contribution in [1.82, 2.24) is 10.4 Å². The predicted molar refractivity (Wildman–Crippen MR) is 134 cm³/mol. The van der Waals surface area contributed by atoms with Gasteiger partial charge in [-0.1, -0.05) is 23.9 Å². The molecule has 0 unspecified atom stereocenters. The van der Waals surface area contributed by atoms with Gasteiger partial charge in [-0.05, 0) is 60.2 Å². The molecule has 0 aliphatic carbocycles. The van der Waals surface area contributed by atoms with E-state index >= 15 is 0 Å². The number of thioether (sulfide) groups is 1. The van der Waals surface area contributed by atoms with Crippen molar-refractivity contribution in [3.63, 3.8) is 0 Å². The number of fused-ring (bicyclic) bond motifs is 1. The fourth-order valence-corrected chi connectivity index (χ4v) is 4.56. The third-order valence-electron chi connectivity index (χ3n) is 4.74. The van der Waals surface area contributed by atoms with Crippen LogP contribution in [0.3, 0.4) is 0 Å². The molecule has 4 aromatic rings. The first kappa shape index (κ1) is 25.1. The largest absolute Gasteiger partial charge is 0.497 e. The number of amides is 1. The number of hydrogen-bond acceptors (Lipinski definition) is 10. The van der Waals surface area contributed by atoms with Crippen molar-refractivity contribution in [2.45, 2.75) is 10.1 Å². The van der Waals surface area contributed by atoms with E-state index in [2.05, 4.69) is 15.5 Å². The van der Waals surface area contributed by atoms with Crippen LogP contribution in [0.25, 0.3) is 11.1 Å². The fraction of sp³-hybridized carbons (Fsp3) is 0.125. The number of hydrogen-bond donors (Lipinski definition) is 1. The Morgan fingerprint density at radius 3 is 2.56 bits per heavy atom. The standard InChI is InChI=1S/C24H21N3O7S2/c1-31-17-8-10-18(11-9-17)36(29,30)34-21-12-7-16(13-22(21)32-2)14-25-27-23(28)15-35-24-26-19-5-3-4-6-20(19)33-24/h3-14H,15H2,1-2H3,(H,27,28)/b25-14-. The monoisotopic (exact) mass is 527 g/mol. The Hall–Kier alpha value is -4.03. The van der Waals surface area contributed by atoms with Crippen LogP contribution < -0.4 is 19.1 Å². The summed E-state index contributed by atoms with van der Waals surface area (Å²) in [7, 11) is -1.22. The minimum Gasteiger partial charge on any atom is -0.497 e. The van der Waals surface area contributed by atoms with Crippen molar-refractivity contribution >= 4 is 45.1 Å². The molecule has 0 saturated carbocycles. The Kier molecular flexibility index (Phi) is 7.76. The molecule has 0 bridgehead atoms. The van der Waals surface area contributed by atoms with Gasteiger partial charge in [-0.2, -0.15) is 13.5 Å². The van der Waals surface area contributed by atoms with E-state index < -0.39 is 10.1 Å². The number of carbonyl (C=O) groups excluding carboxylic acids is 1. The van der Waals surface area contributed by atoms with Gasteiger partial charge in [0.1, 0.15) is 16.2 Å². The van der Waals surface area contributed by atoms with E-state index in [0.717, 1.165) is 17.3 Å². The molecule has 0 radical (unpaired) electrons. The lowest BCUT2D eigenvalue weighted by Crippen LogP contribution is -2.19. The van der Waals surface area contributed by atoms with Crippen LogP contribution in [0.1, 0.15) is 5.56 Å². The lowest BCUT2D eigenvalue weighted by Gasteiger charge is -2.11. The van der Waals surface area contributed by atoms with Crippen molar-refractivity contribution in [3.05, 3.63) is 72.3 Å². The van der Waals surface area contributed by atoms with Gasteiger partial charge in [0, 0.05) is 0 Å². The van der Waals surface area contributed by atoms with Crippen molar-refractivity contribution < 1.29 is 31.3 Å². The van der Waals surface area contributed by atoms with Crippen molar-refractivity contribution in [1.29, 1.82) is 0 Å². The molecule has 1 heterocycles. The number of nitrogens with one attached hydrogen (secondary N) is 1. The summed E-state index contributed by atoms with van der Waals surface area (Å²) >= 11 is 1.15. The molecule has 36 heavy (non-hydrogen) atoms. The summed E-state index contributed by atoms with van der Waals surface area (Å²) in [4.78, 5) is 16.4. The number of carbonyl (C=O) groups is 1. The van der Waals surface area contributed by atoms with E-state index in [4.69, 9.17) is 18.1 Å². The molecular weight excluding hydrogens is 506 g/mol. The highest BCUT2D eigenvalue weighted by Gasteiger charge is 2.19. The molecule has 1 N–H and O–H groups in total. The zero-order valence-electron chi connectivity index (χ0n) is 19.2. The van der Waals surface area contributed by atoms with Crippen LogP contribution in [0, 0.1) is 0 Å². The van der Waals surface area contributed by atoms with Crippen molar-refractivity contribution in [3.8, 4) is 17.2 Å². The van der Waals surface area contributed by atoms with E-state index in [0.29, 0.717) is 22.1 Å². The minimum absolute atomic E-state index is 0.00392. The van der Waals surface area contributed by atoms with Gasteiger partial charge in [0.25, 0.3) is 11.1 Å². The molecule has 3 aromatic carbocycles. The SMILES string of the molecule is COc1ccc(S(=O)(=O)Oc2ccc(/C=N\NC(=O)CSc3nc4ccccc4o3)cc2OC)cc1. The highest BCUT2D eigenvalue weighted by molar-refractivity contribution is 7.99. The second-order valence-corrected chi connectivity index (χ2v) is 9.63. The van der Waals surface area contributed by atoms with Crippen LogP contribution in [-0.4, -0.2) is 45.5 Å². The van der Waals surface area contributed by atoms with Gasteiger partial charge in [0.05, 0.1) is 26.2 Å². The summed E-state index contributed by atoms with van der Waals surface area (Å²) in [6.45, 7) is 0. The first-order chi connectivity index (χ1) is 17.4. The molecule has 0 atom stereocenters. The average Bonchev–Trinajstić information content (AvgIpc) is 3.31. The molecule has 0 spiro atoms. The second kappa shape index (κ2) is 11.1. The Bertz CT molecular complexity index is 1470. The van der Waals surface area contributed by atoms with Crippen LogP contribution in [0.15, 0.2) is 86.4 Å². The van der Waals surface area contributed by atoms with E-state index in [1.165, 1.54) is 56.8 Å². The van der Waals surface area contributed by atoms with Gasteiger partial charge < -0.3 is 18.1 Å². The first-order valence-electron chi connectivity index (χ1n) is 10.4. The van der Waals surface area contributed by atoms with Crippen LogP contribution in [-0.2, 0) is 14.9 Å².